The summed E-state index contributed by atoms with van der Waals surface area (Å²) in [6.07, 6.45) is 2.69. The quantitative estimate of drug-likeness (QED) is 0.846. The lowest BCUT2D eigenvalue weighted by molar-refractivity contribution is -0.127. The maximum atomic E-state index is 11.7. The molecule has 18 heavy (non-hydrogen) atoms. The standard InChI is InChI=1S/C13H15N3O2/c1-10(12(17)16-13-14-7-8-15-13)18-9-11-5-3-2-4-6-11/h2-8,10H,9H2,1H3,(H2,14,15,16,17). The molecule has 2 N–H and O–H groups in total. The van der Waals surface area contributed by atoms with Crippen LogP contribution >= 0.6 is 0 Å². The number of aromatic amines is 1. The summed E-state index contributed by atoms with van der Waals surface area (Å²) in [5.41, 5.74) is 1.04. The van der Waals surface area contributed by atoms with Gasteiger partial charge in [0.2, 0.25) is 5.95 Å². The molecule has 0 saturated carbocycles. The topological polar surface area (TPSA) is 67.0 Å². The van der Waals surface area contributed by atoms with Crippen molar-refractivity contribution >= 4 is 11.9 Å². The van der Waals surface area contributed by atoms with E-state index in [0.717, 1.165) is 5.56 Å². The van der Waals surface area contributed by atoms with Gasteiger partial charge in [0.05, 0.1) is 6.61 Å². The molecule has 1 heterocycles. The lowest BCUT2D eigenvalue weighted by Gasteiger charge is -2.12. The molecule has 0 bridgehead atoms. The summed E-state index contributed by atoms with van der Waals surface area (Å²) >= 11 is 0. The molecular formula is C13H15N3O2. The molecular weight excluding hydrogens is 230 g/mol. The highest BCUT2D eigenvalue weighted by Crippen LogP contribution is 2.05. The van der Waals surface area contributed by atoms with E-state index < -0.39 is 6.10 Å². The van der Waals surface area contributed by atoms with Crippen LogP contribution in [0.25, 0.3) is 0 Å². The normalized spacial score (nSPS) is 12.1. The van der Waals surface area contributed by atoms with Crippen molar-refractivity contribution in [1.82, 2.24) is 9.97 Å². The van der Waals surface area contributed by atoms with E-state index in [9.17, 15) is 4.79 Å². The van der Waals surface area contributed by atoms with Gasteiger partial charge in [0.15, 0.2) is 0 Å². The summed E-state index contributed by atoms with van der Waals surface area (Å²) < 4.78 is 5.48. The lowest BCUT2D eigenvalue weighted by Crippen LogP contribution is -2.28. The number of anilines is 1. The number of carbonyl (C=O) groups excluding carboxylic acids is 1. The average Bonchev–Trinajstić information content (AvgIpc) is 2.90. The van der Waals surface area contributed by atoms with Crippen molar-refractivity contribution in [2.75, 3.05) is 5.32 Å². The molecule has 0 radical (unpaired) electrons. The van der Waals surface area contributed by atoms with Gasteiger partial charge in [0.1, 0.15) is 6.10 Å². The van der Waals surface area contributed by atoms with E-state index in [1.54, 1.807) is 19.3 Å². The third-order valence-electron chi connectivity index (χ3n) is 2.45. The van der Waals surface area contributed by atoms with Crippen molar-refractivity contribution in [3.8, 4) is 0 Å². The molecule has 2 rings (SSSR count). The van der Waals surface area contributed by atoms with Crippen molar-refractivity contribution < 1.29 is 9.53 Å². The van der Waals surface area contributed by atoms with Crippen LogP contribution in [0.4, 0.5) is 5.95 Å². The Morgan fingerprint density at radius 2 is 2.22 bits per heavy atom. The fourth-order valence-electron chi connectivity index (χ4n) is 1.42. The number of nitrogens with one attached hydrogen (secondary N) is 2. The SMILES string of the molecule is CC(OCc1ccccc1)C(=O)Nc1ncc[nH]1. The Bertz CT molecular complexity index is 482. The number of hydrogen-bond acceptors (Lipinski definition) is 3. The number of nitrogens with zero attached hydrogens (tertiary/aromatic N) is 1. The van der Waals surface area contributed by atoms with E-state index >= 15 is 0 Å². The molecule has 0 saturated heterocycles. The Hall–Kier alpha value is -2.14. The Morgan fingerprint density at radius 1 is 1.44 bits per heavy atom. The predicted octanol–water partition coefficient (Wildman–Crippen LogP) is 1.95. The first kappa shape index (κ1) is 12.3. The zero-order valence-corrected chi connectivity index (χ0v) is 10.1. The molecule has 5 heteroatoms. The number of imidazole rings is 1. The van der Waals surface area contributed by atoms with Crippen molar-refractivity contribution in [2.24, 2.45) is 0 Å². The maximum absolute atomic E-state index is 11.7. The highest BCUT2D eigenvalue weighted by atomic mass is 16.5. The maximum Gasteiger partial charge on any atom is 0.255 e. The first-order chi connectivity index (χ1) is 8.75. The Morgan fingerprint density at radius 3 is 2.89 bits per heavy atom. The Balaban J connectivity index is 1.81. The largest absolute Gasteiger partial charge is 0.364 e. The highest BCUT2D eigenvalue weighted by Gasteiger charge is 2.14. The van der Waals surface area contributed by atoms with Crippen LogP contribution in [0.2, 0.25) is 0 Å². The third-order valence-corrected chi connectivity index (χ3v) is 2.45. The predicted molar refractivity (Wildman–Crippen MR) is 67.9 cm³/mol. The van der Waals surface area contributed by atoms with Crippen molar-refractivity contribution in [1.29, 1.82) is 0 Å². The fraction of sp³-hybridized carbons (Fsp3) is 0.231. The molecule has 1 atom stereocenters. The minimum absolute atomic E-state index is 0.221. The van der Waals surface area contributed by atoms with Crippen molar-refractivity contribution in [3.05, 3.63) is 48.3 Å². The van der Waals surface area contributed by atoms with Gasteiger partial charge in [-0.25, -0.2) is 4.98 Å². The fourth-order valence-corrected chi connectivity index (χ4v) is 1.42. The average molecular weight is 245 g/mol. The number of benzene rings is 1. The van der Waals surface area contributed by atoms with E-state index in [0.29, 0.717) is 12.6 Å². The smallest absolute Gasteiger partial charge is 0.255 e. The van der Waals surface area contributed by atoms with Crippen LogP contribution in [0.3, 0.4) is 0 Å². The van der Waals surface area contributed by atoms with Gasteiger partial charge >= 0.3 is 0 Å². The van der Waals surface area contributed by atoms with Gasteiger partial charge in [-0.1, -0.05) is 30.3 Å². The Labute approximate surface area is 105 Å². The van der Waals surface area contributed by atoms with Gasteiger partial charge in [-0.05, 0) is 12.5 Å². The van der Waals surface area contributed by atoms with Gasteiger partial charge in [0.25, 0.3) is 5.91 Å². The third kappa shape index (κ3) is 3.43. The molecule has 1 aromatic heterocycles. The molecule has 1 unspecified atom stereocenters. The van der Waals surface area contributed by atoms with Crippen LogP contribution in [0.5, 0.6) is 0 Å². The zero-order chi connectivity index (χ0) is 12.8. The molecule has 0 spiro atoms. The van der Waals surface area contributed by atoms with Crippen LogP contribution in [0.15, 0.2) is 42.7 Å². The van der Waals surface area contributed by atoms with Gasteiger partial charge in [-0.2, -0.15) is 0 Å². The number of carbonyl (C=O) groups is 1. The van der Waals surface area contributed by atoms with Gasteiger partial charge < -0.3 is 9.72 Å². The second-order valence-corrected chi connectivity index (χ2v) is 3.87. The molecule has 5 nitrogen and oxygen atoms in total. The second-order valence-electron chi connectivity index (χ2n) is 3.87. The summed E-state index contributed by atoms with van der Waals surface area (Å²) in [5.74, 6) is 0.205. The van der Waals surface area contributed by atoms with Crippen molar-refractivity contribution in [3.63, 3.8) is 0 Å². The first-order valence-corrected chi connectivity index (χ1v) is 5.71. The van der Waals surface area contributed by atoms with E-state index in [1.165, 1.54) is 0 Å². The van der Waals surface area contributed by atoms with Gasteiger partial charge in [-0.3, -0.25) is 10.1 Å². The van der Waals surface area contributed by atoms with Gasteiger partial charge in [0, 0.05) is 12.4 Å². The van der Waals surface area contributed by atoms with Crippen molar-refractivity contribution in [2.45, 2.75) is 19.6 Å². The van der Waals surface area contributed by atoms with Crippen LogP contribution in [-0.2, 0) is 16.1 Å². The van der Waals surface area contributed by atoms with E-state index in [4.69, 9.17) is 4.74 Å². The number of hydrogen-bond donors (Lipinski definition) is 2. The number of ether oxygens (including phenoxy) is 1. The van der Waals surface area contributed by atoms with Crippen LogP contribution in [0, 0.1) is 0 Å². The van der Waals surface area contributed by atoms with E-state index in [-0.39, 0.29) is 5.91 Å². The molecule has 1 amide bonds. The van der Waals surface area contributed by atoms with Gasteiger partial charge in [-0.15, -0.1) is 0 Å². The monoisotopic (exact) mass is 245 g/mol. The Kier molecular flexibility index (Phi) is 4.09. The summed E-state index contributed by atoms with van der Waals surface area (Å²) in [4.78, 5) is 18.4. The molecule has 94 valence electrons. The van der Waals surface area contributed by atoms with Crippen LogP contribution < -0.4 is 5.32 Å². The molecule has 0 aliphatic carbocycles. The molecule has 0 fully saturated rings. The minimum atomic E-state index is -0.532. The summed E-state index contributed by atoms with van der Waals surface area (Å²) in [6, 6.07) is 9.73. The molecule has 2 aromatic rings. The van der Waals surface area contributed by atoms with E-state index in [1.807, 2.05) is 30.3 Å². The highest BCUT2D eigenvalue weighted by molar-refractivity contribution is 5.92. The van der Waals surface area contributed by atoms with Crippen LogP contribution in [-0.4, -0.2) is 22.0 Å². The molecule has 1 aromatic carbocycles. The molecule has 0 aliphatic heterocycles. The lowest BCUT2D eigenvalue weighted by atomic mass is 10.2. The van der Waals surface area contributed by atoms with Crippen LogP contribution in [0.1, 0.15) is 12.5 Å². The zero-order valence-electron chi connectivity index (χ0n) is 10.1. The summed E-state index contributed by atoms with van der Waals surface area (Å²) in [5, 5.41) is 2.63. The first-order valence-electron chi connectivity index (χ1n) is 5.71. The summed E-state index contributed by atoms with van der Waals surface area (Å²) in [7, 11) is 0. The minimum Gasteiger partial charge on any atom is -0.364 e. The number of amides is 1. The number of aromatic nitrogens is 2. The number of rotatable bonds is 5. The number of H-pyrrole nitrogens is 1. The summed E-state index contributed by atoms with van der Waals surface area (Å²) in [6.45, 7) is 2.12. The van der Waals surface area contributed by atoms with E-state index in [2.05, 4.69) is 15.3 Å². The molecule has 0 aliphatic rings. The second kappa shape index (κ2) is 5.97.